The molecule has 2 aromatic rings. The molecule has 3 rings (SSSR count). The first-order chi connectivity index (χ1) is 12.8. The molecule has 3 heterocycles. The van der Waals surface area contributed by atoms with Crippen LogP contribution in [0, 0.1) is 13.8 Å². The lowest BCUT2D eigenvalue weighted by Gasteiger charge is -2.20. The van der Waals surface area contributed by atoms with E-state index < -0.39 is 6.10 Å². The van der Waals surface area contributed by atoms with E-state index in [1.807, 2.05) is 48.5 Å². The number of hydrogen-bond acceptors (Lipinski definition) is 6. The van der Waals surface area contributed by atoms with Crippen molar-refractivity contribution in [3.63, 3.8) is 0 Å². The average Bonchev–Trinajstić information content (AvgIpc) is 3.08. The number of aryl methyl sites for hydroxylation is 3. The predicted octanol–water partition coefficient (Wildman–Crippen LogP) is 1.45. The first kappa shape index (κ1) is 19.6. The third-order valence-corrected chi connectivity index (χ3v) is 5.04. The minimum atomic E-state index is -0.622. The number of carbonyl (C=O) groups excluding carboxylic acids is 1. The molecule has 1 aliphatic heterocycles. The second-order valence-corrected chi connectivity index (χ2v) is 7.53. The van der Waals surface area contributed by atoms with Crippen molar-refractivity contribution in [3.05, 3.63) is 34.5 Å². The fourth-order valence-corrected chi connectivity index (χ4v) is 3.55. The second-order valence-electron chi connectivity index (χ2n) is 7.53. The summed E-state index contributed by atoms with van der Waals surface area (Å²) in [6.07, 6.45) is 1.31. The molecule has 0 fully saturated rings. The van der Waals surface area contributed by atoms with E-state index in [-0.39, 0.29) is 5.91 Å². The van der Waals surface area contributed by atoms with E-state index in [0.717, 1.165) is 42.2 Å². The van der Waals surface area contributed by atoms with Crippen LogP contribution in [0.15, 0.2) is 10.6 Å². The normalized spacial score (nSPS) is 15.7. The van der Waals surface area contributed by atoms with Crippen LogP contribution in [0.25, 0.3) is 0 Å². The minimum Gasteiger partial charge on any atom is -0.385 e. The van der Waals surface area contributed by atoms with Crippen LogP contribution in [0.5, 0.6) is 0 Å². The van der Waals surface area contributed by atoms with Crippen molar-refractivity contribution >= 4 is 5.91 Å². The topological polar surface area (TPSA) is 87.6 Å². The van der Waals surface area contributed by atoms with E-state index in [2.05, 4.69) is 10.3 Å². The molecule has 2 aromatic heterocycles. The van der Waals surface area contributed by atoms with Gasteiger partial charge in [-0.25, -0.2) is 0 Å². The van der Waals surface area contributed by atoms with Gasteiger partial charge in [0.05, 0.1) is 23.6 Å². The van der Waals surface area contributed by atoms with Crippen LogP contribution in [0.4, 0.5) is 0 Å². The summed E-state index contributed by atoms with van der Waals surface area (Å²) in [5.74, 6) is 0.911. The third-order valence-electron chi connectivity index (χ3n) is 5.04. The predicted molar refractivity (Wildman–Crippen MR) is 100 cm³/mol. The van der Waals surface area contributed by atoms with Gasteiger partial charge in [-0.2, -0.15) is 5.10 Å². The highest BCUT2D eigenvalue weighted by molar-refractivity contribution is 5.76. The van der Waals surface area contributed by atoms with Gasteiger partial charge in [-0.15, -0.1) is 0 Å². The summed E-state index contributed by atoms with van der Waals surface area (Å²) >= 11 is 0. The van der Waals surface area contributed by atoms with Crippen LogP contribution in [0.3, 0.4) is 0 Å². The van der Waals surface area contributed by atoms with Crippen LogP contribution in [0.1, 0.15) is 47.4 Å². The molecule has 148 valence electrons. The highest BCUT2D eigenvalue weighted by Crippen LogP contribution is 2.20. The maximum Gasteiger partial charge on any atom is 0.223 e. The summed E-state index contributed by atoms with van der Waals surface area (Å²) < 4.78 is 7.10. The highest BCUT2D eigenvalue weighted by atomic mass is 16.5. The molecule has 1 N–H and O–H groups in total. The lowest BCUT2D eigenvalue weighted by molar-refractivity contribution is -0.131. The molecule has 1 atom stereocenters. The summed E-state index contributed by atoms with van der Waals surface area (Å²) in [5, 5.41) is 18.8. The monoisotopic (exact) mass is 375 g/mol. The first-order valence-corrected chi connectivity index (χ1v) is 9.44. The molecule has 0 unspecified atom stereocenters. The highest BCUT2D eigenvalue weighted by Gasteiger charge is 2.23. The van der Waals surface area contributed by atoms with E-state index in [4.69, 9.17) is 4.52 Å². The Kier molecular flexibility index (Phi) is 5.96. The largest absolute Gasteiger partial charge is 0.385 e. The van der Waals surface area contributed by atoms with Gasteiger partial charge in [0.2, 0.25) is 5.91 Å². The van der Waals surface area contributed by atoms with Crippen molar-refractivity contribution in [2.75, 3.05) is 27.2 Å². The molecule has 0 aromatic carbocycles. The van der Waals surface area contributed by atoms with Gasteiger partial charge in [0.25, 0.3) is 0 Å². The molecule has 0 bridgehead atoms. The molecule has 0 spiro atoms. The van der Waals surface area contributed by atoms with Gasteiger partial charge >= 0.3 is 0 Å². The van der Waals surface area contributed by atoms with Crippen LogP contribution in [-0.4, -0.2) is 62.9 Å². The lowest BCUT2D eigenvalue weighted by Crippen LogP contribution is -2.31. The number of nitrogens with zero attached hydrogens (tertiary/aromatic N) is 5. The van der Waals surface area contributed by atoms with Gasteiger partial charge in [0, 0.05) is 31.6 Å². The van der Waals surface area contributed by atoms with Crippen molar-refractivity contribution in [1.29, 1.82) is 0 Å². The Morgan fingerprint density at radius 2 is 2.15 bits per heavy atom. The Bertz CT molecular complexity index is 776. The molecule has 0 radical (unpaired) electrons. The summed E-state index contributed by atoms with van der Waals surface area (Å²) in [4.78, 5) is 16.6. The Balaban J connectivity index is 1.65. The van der Waals surface area contributed by atoms with E-state index in [9.17, 15) is 9.90 Å². The number of rotatable bonds is 6. The van der Waals surface area contributed by atoms with Gasteiger partial charge in [-0.3, -0.25) is 9.48 Å². The van der Waals surface area contributed by atoms with Crippen molar-refractivity contribution in [1.82, 2.24) is 24.7 Å². The van der Waals surface area contributed by atoms with Crippen molar-refractivity contribution in [2.24, 2.45) is 0 Å². The Morgan fingerprint density at radius 3 is 2.81 bits per heavy atom. The Morgan fingerprint density at radius 1 is 1.37 bits per heavy atom. The van der Waals surface area contributed by atoms with Crippen LogP contribution in [0.2, 0.25) is 0 Å². The Hall–Kier alpha value is -2.19. The van der Waals surface area contributed by atoms with Crippen LogP contribution < -0.4 is 0 Å². The van der Waals surface area contributed by atoms with Gasteiger partial charge in [-0.05, 0) is 46.9 Å². The van der Waals surface area contributed by atoms with Crippen LogP contribution in [-0.2, 0) is 24.3 Å². The maximum atomic E-state index is 12.8. The fourth-order valence-electron chi connectivity index (χ4n) is 3.55. The number of hydrogen-bond donors (Lipinski definition) is 1. The molecule has 27 heavy (non-hydrogen) atoms. The number of likely N-dealkylation sites (N-methyl/N-ethyl adjacent to an activating group) is 1. The Labute approximate surface area is 159 Å². The van der Waals surface area contributed by atoms with E-state index in [1.165, 1.54) is 0 Å². The lowest BCUT2D eigenvalue weighted by atomic mass is 10.1. The standard InChI is InChI=1S/C19H29N5O3/c1-13-16(14(2)27-21-13)6-7-19(26)23-8-5-9-24-15(11-23)10-17(20-24)18(25)12-22(3)4/h10,18,25H,5-9,11-12H2,1-4H3/t18-/m0/s1. The van der Waals surface area contributed by atoms with E-state index >= 15 is 0 Å². The zero-order chi connectivity index (χ0) is 19.6. The summed E-state index contributed by atoms with van der Waals surface area (Å²) in [6, 6.07) is 1.92. The maximum absolute atomic E-state index is 12.8. The number of carbonyl (C=O) groups is 1. The fraction of sp³-hybridized carbons (Fsp3) is 0.632. The van der Waals surface area contributed by atoms with E-state index in [0.29, 0.717) is 31.6 Å². The van der Waals surface area contributed by atoms with Crippen molar-refractivity contribution in [3.8, 4) is 0 Å². The molecular formula is C19H29N5O3. The minimum absolute atomic E-state index is 0.125. The molecule has 1 amide bonds. The zero-order valence-corrected chi connectivity index (χ0v) is 16.6. The van der Waals surface area contributed by atoms with Gasteiger partial charge in [-0.1, -0.05) is 5.16 Å². The molecular weight excluding hydrogens is 346 g/mol. The van der Waals surface area contributed by atoms with Crippen LogP contribution >= 0.6 is 0 Å². The summed E-state index contributed by atoms with van der Waals surface area (Å²) in [6.45, 7) is 6.32. The number of aliphatic hydroxyl groups is 1. The average molecular weight is 375 g/mol. The number of aliphatic hydroxyl groups excluding tert-OH is 1. The number of aromatic nitrogens is 3. The molecule has 0 saturated heterocycles. The van der Waals surface area contributed by atoms with Gasteiger partial charge in [0.15, 0.2) is 0 Å². The van der Waals surface area contributed by atoms with E-state index in [1.54, 1.807) is 0 Å². The second kappa shape index (κ2) is 8.22. The smallest absolute Gasteiger partial charge is 0.223 e. The molecule has 8 heteroatoms. The third kappa shape index (κ3) is 4.56. The summed E-state index contributed by atoms with van der Waals surface area (Å²) in [7, 11) is 3.84. The molecule has 1 aliphatic rings. The zero-order valence-electron chi connectivity index (χ0n) is 16.6. The van der Waals surface area contributed by atoms with Gasteiger partial charge in [0.1, 0.15) is 11.9 Å². The molecule has 0 aliphatic carbocycles. The van der Waals surface area contributed by atoms with Crippen molar-refractivity contribution in [2.45, 2.75) is 52.3 Å². The molecule has 8 nitrogen and oxygen atoms in total. The molecule has 0 saturated carbocycles. The number of fused-ring (bicyclic) bond motifs is 1. The first-order valence-electron chi connectivity index (χ1n) is 9.44. The number of amides is 1. The van der Waals surface area contributed by atoms with Crippen molar-refractivity contribution < 1.29 is 14.4 Å². The quantitative estimate of drug-likeness (QED) is 0.822. The summed E-state index contributed by atoms with van der Waals surface area (Å²) in [5.41, 5.74) is 3.53. The SMILES string of the molecule is Cc1noc(C)c1CCC(=O)N1CCCn2nc([C@@H](O)CN(C)C)cc2C1. The van der Waals surface area contributed by atoms with Gasteiger partial charge < -0.3 is 19.4 Å².